The first-order valence-corrected chi connectivity index (χ1v) is 19.8. The van der Waals surface area contributed by atoms with Crippen LogP contribution in [0.25, 0.3) is 0 Å². The van der Waals surface area contributed by atoms with Crippen LogP contribution in [0.4, 0.5) is 0 Å². The van der Waals surface area contributed by atoms with Gasteiger partial charge in [0.1, 0.15) is 5.60 Å². The molecule has 0 radical (unpaired) electrons. The van der Waals surface area contributed by atoms with Gasteiger partial charge in [-0.25, -0.2) is 0 Å². The minimum Gasteiger partial charge on any atom is -0.416 e. The zero-order chi connectivity index (χ0) is 33.2. The van der Waals surface area contributed by atoms with Crippen LogP contribution in [-0.4, -0.2) is 33.0 Å². The number of hydrogen-bond acceptors (Lipinski definition) is 3. The molecule has 47 heavy (non-hydrogen) atoms. The molecule has 0 fully saturated rings. The predicted molar refractivity (Wildman–Crippen MR) is 199 cm³/mol. The summed E-state index contributed by atoms with van der Waals surface area (Å²) in [5, 5.41) is 0.119. The number of ether oxygens (including phenoxy) is 1. The molecule has 0 N–H and O–H groups in total. The smallest absolute Gasteiger partial charge is 0.191 e. The fourth-order valence-corrected chi connectivity index (χ4v) is 7.03. The zero-order valence-corrected chi connectivity index (χ0v) is 29.8. The van der Waals surface area contributed by atoms with Crippen LogP contribution >= 0.6 is 0 Å². The lowest BCUT2D eigenvalue weighted by molar-refractivity contribution is -0.0254. The Morgan fingerprint density at radius 1 is 0.532 bits per heavy atom. The maximum atomic E-state index is 7.41. The van der Waals surface area contributed by atoms with Gasteiger partial charge in [0.2, 0.25) is 0 Å². The minimum absolute atomic E-state index is 0.119. The first-order chi connectivity index (χ1) is 22.7. The van der Waals surface area contributed by atoms with Gasteiger partial charge in [0, 0.05) is 32.2 Å². The molecule has 0 saturated heterocycles. The van der Waals surface area contributed by atoms with E-state index in [-0.39, 0.29) is 11.0 Å². The first kappa shape index (κ1) is 34.5. The lowest BCUT2D eigenvalue weighted by Gasteiger charge is -2.40. The van der Waals surface area contributed by atoms with E-state index in [9.17, 15) is 0 Å². The number of benzene rings is 5. The maximum Gasteiger partial charge on any atom is 0.191 e. The summed E-state index contributed by atoms with van der Waals surface area (Å²) in [5.74, 6) is 0.132. The molecule has 5 aromatic rings. The third-order valence-corrected chi connectivity index (χ3v) is 14.1. The normalized spacial score (nSPS) is 13.1. The molecule has 0 amide bonds. The molecule has 1 atom stereocenters. The van der Waals surface area contributed by atoms with Gasteiger partial charge in [-0.05, 0) is 45.9 Å². The molecule has 5 rings (SSSR count). The molecular formula is C43H51NO2Si. The second-order valence-corrected chi connectivity index (χ2v) is 19.0. The van der Waals surface area contributed by atoms with E-state index in [1.807, 2.05) is 0 Å². The minimum atomic E-state index is -2.01. The van der Waals surface area contributed by atoms with Crippen LogP contribution in [0.3, 0.4) is 0 Å². The van der Waals surface area contributed by atoms with Crippen molar-refractivity contribution in [3.63, 3.8) is 0 Å². The number of rotatable bonds is 15. The van der Waals surface area contributed by atoms with Crippen LogP contribution in [-0.2, 0) is 27.9 Å². The van der Waals surface area contributed by atoms with Crippen molar-refractivity contribution in [1.82, 2.24) is 4.90 Å². The topological polar surface area (TPSA) is 21.7 Å². The zero-order valence-electron chi connectivity index (χ0n) is 28.8. The van der Waals surface area contributed by atoms with Gasteiger partial charge in [-0.15, -0.1) is 0 Å². The van der Waals surface area contributed by atoms with Gasteiger partial charge < -0.3 is 9.16 Å². The molecular weight excluding hydrogens is 591 g/mol. The average Bonchev–Trinajstić information content (AvgIpc) is 3.09. The van der Waals surface area contributed by atoms with Gasteiger partial charge in [-0.1, -0.05) is 172 Å². The van der Waals surface area contributed by atoms with E-state index in [2.05, 4.69) is 190 Å². The van der Waals surface area contributed by atoms with E-state index in [1.165, 1.54) is 11.1 Å². The molecule has 0 aliphatic heterocycles. The summed E-state index contributed by atoms with van der Waals surface area (Å²) in [7, 11) is -2.01. The van der Waals surface area contributed by atoms with E-state index >= 15 is 0 Å². The molecule has 0 saturated carbocycles. The van der Waals surface area contributed by atoms with Crippen LogP contribution in [0, 0.1) is 5.92 Å². The summed E-state index contributed by atoms with van der Waals surface area (Å²) < 4.78 is 14.4. The van der Waals surface area contributed by atoms with Crippen molar-refractivity contribution < 1.29 is 9.16 Å². The second-order valence-electron chi connectivity index (χ2n) is 14.2. The van der Waals surface area contributed by atoms with Crippen molar-refractivity contribution in [3.8, 4) is 0 Å². The lowest BCUT2D eigenvalue weighted by Crippen LogP contribution is -2.44. The fraction of sp³-hybridized carbons (Fsp3) is 0.302. The highest BCUT2D eigenvalue weighted by atomic mass is 28.4. The van der Waals surface area contributed by atoms with E-state index < -0.39 is 13.9 Å². The van der Waals surface area contributed by atoms with Crippen molar-refractivity contribution in [2.75, 3.05) is 19.8 Å². The van der Waals surface area contributed by atoms with Crippen molar-refractivity contribution in [1.29, 1.82) is 0 Å². The predicted octanol–water partition coefficient (Wildman–Crippen LogP) is 10.3. The Morgan fingerprint density at radius 3 is 1.26 bits per heavy atom. The summed E-state index contributed by atoms with van der Waals surface area (Å²) in [6.45, 7) is 15.4. The molecule has 0 aromatic heterocycles. The fourth-order valence-electron chi connectivity index (χ4n) is 5.94. The van der Waals surface area contributed by atoms with E-state index in [1.54, 1.807) is 0 Å². The summed E-state index contributed by atoms with van der Waals surface area (Å²) in [6.07, 6.45) is 0. The van der Waals surface area contributed by atoms with Crippen LogP contribution in [0.15, 0.2) is 152 Å². The maximum absolute atomic E-state index is 7.41. The molecule has 0 aliphatic rings. The van der Waals surface area contributed by atoms with Gasteiger partial charge in [0.15, 0.2) is 8.32 Å². The highest BCUT2D eigenvalue weighted by Crippen LogP contribution is 2.41. The van der Waals surface area contributed by atoms with Crippen LogP contribution < -0.4 is 0 Å². The summed E-state index contributed by atoms with van der Waals surface area (Å²) in [6, 6.07) is 53.6. The molecule has 0 unspecified atom stereocenters. The molecule has 3 nitrogen and oxygen atoms in total. The van der Waals surface area contributed by atoms with Crippen LogP contribution in [0.2, 0.25) is 18.1 Å². The van der Waals surface area contributed by atoms with E-state index in [0.717, 1.165) is 36.3 Å². The van der Waals surface area contributed by atoms with Crippen molar-refractivity contribution >= 4 is 8.32 Å². The Labute approximate surface area is 284 Å². The Hall–Kier alpha value is -3.80. The monoisotopic (exact) mass is 641 g/mol. The Bertz CT molecular complexity index is 1470. The Kier molecular flexibility index (Phi) is 11.7. The Balaban J connectivity index is 1.53. The third-order valence-electron chi connectivity index (χ3n) is 9.58. The quantitative estimate of drug-likeness (QED) is 0.0839. The van der Waals surface area contributed by atoms with Crippen molar-refractivity contribution in [2.45, 2.75) is 57.6 Å². The van der Waals surface area contributed by atoms with Crippen LogP contribution in [0.5, 0.6) is 0 Å². The SMILES string of the molecule is CC(C)(C)[Si](C)(C)OC[C@@H](COC(c1ccccc1)(c1ccccc1)c1ccccc1)CN(Cc1ccccc1)Cc1ccccc1. The second kappa shape index (κ2) is 15.9. The van der Waals surface area contributed by atoms with Gasteiger partial charge >= 0.3 is 0 Å². The van der Waals surface area contributed by atoms with Gasteiger partial charge in [-0.3, -0.25) is 4.90 Å². The highest BCUT2D eigenvalue weighted by Gasteiger charge is 2.40. The molecule has 0 aliphatic carbocycles. The highest BCUT2D eigenvalue weighted by molar-refractivity contribution is 6.74. The van der Waals surface area contributed by atoms with Crippen molar-refractivity contribution in [2.24, 2.45) is 5.92 Å². The van der Waals surface area contributed by atoms with Gasteiger partial charge in [-0.2, -0.15) is 0 Å². The summed E-state index contributed by atoms with van der Waals surface area (Å²) in [5.41, 5.74) is 5.19. The first-order valence-electron chi connectivity index (χ1n) is 16.9. The van der Waals surface area contributed by atoms with Crippen LogP contribution in [0.1, 0.15) is 48.6 Å². The molecule has 244 valence electrons. The van der Waals surface area contributed by atoms with Gasteiger partial charge in [0.05, 0.1) is 6.61 Å². The average molecular weight is 642 g/mol. The molecule has 0 spiro atoms. The third kappa shape index (κ3) is 8.97. The summed E-state index contributed by atoms with van der Waals surface area (Å²) >= 11 is 0. The molecule has 5 aromatic carbocycles. The molecule has 0 bridgehead atoms. The van der Waals surface area contributed by atoms with Gasteiger partial charge in [0.25, 0.3) is 0 Å². The van der Waals surface area contributed by atoms with E-state index in [0.29, 0.717) is 13.2 Å². The van der Waals surface area contributed by atoms with Crippen molar-refractivity contribution in [3.05, 3.63) is 179 Å². The molecule has 0 heterocycles. The van der Waals surface area contributed by atoms with E-state index in [4.69, 9.17) is 9.16 Å². The molecule has 4 heteroatoms. The number of hydrogen-bond donors (Lipinski definition) is 0. The lowest BCUT2D eigenvalue weighted by atomic mass is 9.80. The standard InChI is InChI=1S/C43H51NO2Si/c1-42(2,3)47(4,5)46-35-38(33-44(31-36-21-11-6-12-22-36)32-37-23-13-7-14-24-37)34-45-43(39-25-15-8-16-26-39,40-27-17-9-18-28-40)41-29-19-10-20-30-41/h6-30,38H,31-35H2,1-5H3/t38-/m1/s1. The largest absolute Gasteiger partial charge is 0.416 e. The Morgan fingerprint density at radius 2 is 0.894 bits per heavy atom. The number of nitrogens with zero attached hydrogens (tertiary/aromatic N) is 1. The summed E-state index contributed by atoms with van der Waals surface area (Å²) in [4.78, 5) is 2.56.